The van der Waals surface area contributed by atoms with E-state index in [4.69, 9.17) is 0 Å². The van der Waals surface area contributed by atoms with Gasteiger partial charge in [-0.3, -0.25) is 6.08 Å². The third-order valence-electron chi connectivity index (χ3n) is 3.48. The van der Waals surface area contributed by atoms with Crippen LogP contribution in [0.4, 0.5) is 0 Å². The zero-order valence-corrected chi connectivity index (χ0v) is 15.2. The molecule has 3 unspecified atom stereocenters. The Balaban J connectivity index is 0. The van der Waals surface area contributed by atoms with E-state index in [9.17, 15) is 0 Å². The summed E-state index contributed by atoms with van der Waals surface area (Å²) in [6.45, 7) is 2.28. The van der Waals surface area contributed by atoms with Crippen molar-refractivity contribution in [3.8, 4) is 0 Å². The minimum atomic E-state index is 0. The molecule has 0 bridgehead atoms. The first kappa shape index (κ1) is 21.7. The van der Waals surface area contributed by atoms with Crippen LogP contribution in [0.1, 0.15) is 26.2 Å². The molecule has 0 aromatic carbocycles. The second-order valence-corrected chi connectivity index (χ2v) is 4.61. The Morgan fingerprint density at radius 2 is 1.89 bits per heavy atom. The van der Waals surface area contributed by atoms with E-state index < -0.39 is 0 Å². The fourth-order valence-electron chi connectivity index (χ4n) is 2.50. The average molecular weight is 374 g/mol. The first-order valence-corrected chi connectivity index (χ1v) is 6.32. The van der Waals surface area contributed by atoms with Gasteiger partial charge in [0.25, 0.3) is 0 Å². The molecule has 0 radical (unpaired) electrons. The van der Waals surface area contributed by atoms with Crippen molar-refractivity contribution in [2.45, 2.75) is 26.2 Å². The predicted molar refractivity (Wildman–Crippen MR) is 69.5 cm³/mol. The van der Waals surface area contributed by atoms with E-state index in [0.717, 1.165) is 24.2 Å². The van der Waals surface area contributed by atoms with Gasteiger partial charge in [-0.15, -0.1) is 18.4 Å². The summed E-state index contributed by atoms with van der Waals surface area (Å²) in [7, 11) is 0. The van der Waals surface area contributed by atoms with Crippen LogP contribution in [0.3, 0.4) is 0 Å². The van der Waals surface area contributed by atoms with Crippen molar-refractivity contribution in [2.24, 2.45) is 17.8 Å². The van der Waals surface area contributed by atoms with Gasteiger partial charge in [0.15, 0.2) is 0 Å². The summed E-state index contributed by atoms with van der Waals surface area (Å²) in [5.74, 6) is 2.45. The van der Waals surface area contributed by atoms with Crippen LogP contribution < -0.4 is 24.8 Å². The summed E-state index contributed by atoms with van der Waals surface area (Å²) in [5.41, 5.74) is 0. The SMILES string of the molecule is CCC1[CH-]C2C=CC=CC2C1.[C-]1=CC=CC1.[Cl-].[Cl-].[Zr+4]. The third-order valence-corrected chi connectivity index (χ3v) is 3.48. The molecule has 0 nitrogen and oxygen atoms in total. The standard InChI is InChI=1S/C11H15.C5H5.2ClH.Zr/c1-2-9-7-10-5-3-4-6-11(10)8-9;1-2-4-5-3-1;;;/h3-7,9-11H,2,8H2,1H3;1-3H,4H2;2*1H;/q2*-1;;;+4/p-2. The normalized spacial score (nSPS) is 28.4. The molecule has 3 aliphatic carbocycles. The number of allylic oxidation sites excluding steroid dienone is 8. The molecule has 1 fully saturated rings. The van der Waals surface area contributed by atoms with Crippen LogP contribution in [0.15, 0.2) is 42.5 Å². The maximum atomic E-state index is 2.99. The fourth-order valence-corrected chi connectivity index (χ4v) is 2.50. The molecule has 1 saturated carbocycles. The van der Waals surface area contributed by atoms with Crippen molar-refractivity contribution in [1.29, 1.82) is 0 Å². The van der Waals surface area contributed by atoms with E-state index in [2.05, 4.69) is 49.8 Å². The first-order chi connectivity index (χ1) is 7.90. The zero-order valence-electron chi connectivity index (χ0n) is 11.2. The van der Waals surface area contributed by atoms with Crippen molar-refractivity contribution in [3.63, 3.8) is 0 Å². The van der Waals surface area contributed by atoms with E-state index in [-0.39, 0.29) is 51.0 Å². The molecule has 0 amide bonds. The van der Waals surface area contributed by atoms with Gasteiger partial charge in [0, 0.05) is 0 Å². The largest absolute Gasteiger partial charge is 4.00 e. The predicted octanol–water partition coefficient (Wildman–Crippen LogP) is -1.71. The van der Waals surface area contributed by atoms with Gasteiger partial charge in [0.05, 0.1) is 0 Å². The van der Waals surface area contributed by atoms with Gasteiger partial charge in [-0.05, 0) is 5.92 Å². The van der Waals surface area contributed by atoms with E-state index in [1.807, 2.05) is 12.2 Å². The van der Waals surface area contributed by atoms with Gasteiger partial charge < -0.3 is 31.2 Å². The van der Waals surface area contributed by atoms with Crippen molar-refractivity contribution in [1.82, 2.24) is 0 Å². The molecule has 0 aromatic rings. The number of hydrogen-bond acceptors (Lipinski definition) is 0. The molecule has 0 aliphatic heterocycles. The Morgan fingerprint density at radius 3 is 2.37 bits per heavy atom. The summed E-state index contributed by atoms with van der Waals surface area (Å²) >= 11 is 0. The van der Waals surface area contributed by atoms with Gasteiger partial charge in [-0.25, -0.2) is 12.2 Å². The van der Waals surface area contributed by atoms with Gasteiger partial charge in [-0.1, -0.05) is 38.0 Å². The summed E-state index contributed by atoms with van der Waals surface area (Å²) in [4.78, 5) is 0. The summed E-state index contributed by atoms with van der Waals surface area (Å²) in [6, 6.07) is 0. The van der Waals surface area contributed by atoms with Crippen molar-refractivity contribution < 1.29 is 51.0 Å². The minimum Gasteiger partial charge on any atom is -1.00 e. The van der Waals surface area contributed by atoms with Crippen LogP contribution in [-0.4, -0.2) is 0 Å². The van der Waals surface area contributed by atoms with Crippen LogP contribution >= 0.6 is 0 Å². The van der Waals surface area contributed by atoms with Crippen molar-refractivity contribution in [2.75, 3.05) is 0 Å². The number of hydrogen-bond donors (Lipinski definition) is 0. The molecular weight excluding hydrogens is 354 g/mol. The van der Waals surface area contributed by atoms with Crippen LogP contribution in [0.25, 0.3) is 0 Å². The molecule has 3 heteroatoms. The van der Waals surface area contributed by atoms with Crippen LogP contribution in [0.2, 0.25) is 0 Å². The zero-order chi connectivity index (χ0) is 11.2. The first-order valence-electron chi connectivity index (χ1n) is 6.32. The van der Waals surface area contributed by atoms with Crippen LogP contribution in [0.5, 0.6) is 0 Å². The molecular formula is C16H20Cl2Zr. The topological polar surface area (TPSA) is 0 Å². The molecule has 102 valence electrons. The number of halogens is 2. The van der Waals surface area contributed by atoms with E-state index in [1.165, 1.54) is 12.8 Å². The van der Waals surface area contributed by atoms with Gasteiger partial charge in [-0.2, -0.15) is 12.0 Å². The minimum absolute atomic E-state index is 0. The second-order valence-electron chi connectivity index (χ2n) is 4.61. The van der Waals surface area contributed by atoms with E-state index in [0.29, 0.717) is 0 Å². The van der Waals surface area contributed by atoms with Crippen LogP contribution in [0, 0.1) is 30.3 Å². The second kappa shape index (κ2) is 12.2. The summed E-state index contributed by atoms with van der Waals surface area (Å²) in [6.07, 6.45) is 24.3. The molecule has 3 rings (SSSR count). The van der Waals surface area contributed by atoms with Gasteiger partial charge in [0.2, 0.25) is 0 Å². The summed E-state index contributed by atoms with van der Waals surface area (Å²) < 4.78 is 0. The van der Waals surface area contributed by atoms with E-state index in [1.54, 1.807) is 0 Å². The maximum Gasteiger partial charge on any atom is 4.00 e. The Bertz CT molecular complexity index is 302. The average Bonchev–Trinajstić information content (AvgIpc) is 3.01. The molecule has 19 heavy (non-hydrogen) atoms. The molecule has 3 atom stereocenters. The van der Waals surface area contributed by atoms with Crippen LogP contribution in [-0.2, 0) is 26.2 Å². The number of rotatable bonds is 1. The fraction of sp³-hybridized carbons (Fsp3) is 0.438. The Hall–Kier alpha value is 0.423. The molecule has 0 spiro atoms. The van der Waals surface area contributed by atoms with Crippen molar-refractivity contribution >= 4 is 0 Å². The Kier molecular flexibility index (Phi) is 13.9. The summed E-state index contributed by atoms with van der Waals surface area (Å²) in [5, 5.41) is 0. The monoisotopic (exact) mass is 372 g/mol. The third kappa shape index (κ3) is 7.12. The van der Waals surface area contributed by atoms with Gasteiger partial charge >= 0.3 is 26.2 Å². The smallest absolute Gasteiger partial charge is 1.00 e. The Morgan fingerprint density at radius 1 is 1.16 bits per heavy atom. The molecule has 0 N–H and O–H groups in total. The maximum absolute atomic E-state index is 2.99. The van der Waals surface area contributed by atoms with Gasteiger partial charge in [0.1, 0.15) is 0 Å². The molecule has 0 heterocycles. The molecule has 0 saturated heterocycles. The van der Waals surface area contributed by atoms with E-state index >= 15 is 0 Å². The quantitative estimate of drug-likeness (QED) is 0.480. The number of fused-ring (bicyclic) bond motifs is 1. The molecule has 3 aliphatic rings. The Labute approximate surface area is 149 Å². The molecule has 0 aromatic heterocycles. The van der Waals surface area contributed by atoms with Crippen molar-refractivity contribution in [3.05, 3.63) is 55.0 Å².